The fraction of sp³-hybridized carbons (Fsp3) is 0.950. The average molecular weight is 342 g/mol. The van der Waals surface area contributed by atoms with E-state index >= 15 is 0 Å². The Morgan fingerprint density at radius 2 is 1.83 bits per heavy atom. The molecule has 2 atom stereocenters. The number of hydrogen-bond acceptors (Lipinski definition) is 3. The molecule has 2 N–H and O–H groups in total. The molecule has 0 saturated carbocycles. The lowest BCUT2D eigenvalue weighted by molar-refractivity contribution is -0.136. The van der Waals surface area contributed by atoms with Gasteiger partial charge in [0.25, 0.3) is 0 Å². The van der Waals surface area contributed by atoms with Crippen LogP contribution in [0.5, 0.6) is 0 Å². The zero-order valence-electron chi connectivity index (χ0n) is 15.7. The number of amides is 1. The van der Waals surface area contributed by atoms with Crippen LogP contribution in [0.1, 0.15) is 96.8 Å². The number of nitrogens with zero attached hydrogens (tertiary/aromatic N) is 1. The van der Waals surface area contributed by atoms with E-state index in [1.807, 2.05) is 0 Å². The van der Waals surface area contributed by atoms with Crippen LogP contribution in [0, 0.1) is 0 Å². The van der Waals surface area contributed by atoms with E-state index in [-0.39, 0.29) is 12.7 Å². The summed E-state index contributed by atoms with van der Waals surface area (Å²) < 4.78 is 0. The van der Waals surface area contributed by atoms with E-state index in [1.54, 1.807) is 0 Å². The van der Waals surface area contributed by atoms with Crippen molar-refractivity contribution < 1.29 is 15.0 Å². The zero-order valence-corrected chi connectivity index (χ0v) is 15.7. The molecule has 4 nitrogen and oxygen atoms in total. The maximum absolute atomic E-state index is 12.3. The molecule has 4 heteroatoms. The maximum atomic E-state index is 12.3. The minimum atomic E-state index is -0.200. The summed E-state index contributed by atoms with van der Waals surface area (Å²) >= 11 is 0. The summed E-state index contributed by atoms with van der Waals surface area (Å²) in [4.78, 5) is 14.3. The second-order valence-electron chi connectivity index (χ2n) is 7.35. The van der Waals surface area contributed by atoms with Gasteiger partial charge < -0.3 is 15.1 Å². The van der Waals surface area contributed by atoms with Crippen LogP contribution in [0.4, 0.5) is 0 Å². The third kappa shape index (κ3) is 9.03. The molecule has 1 saturated heterocycles. The van der Waals surface area contributed by atoms with E-state index in [2.05, 4.69) is 11.8 Å². The van der Waals surface area contributed by atoms with Crippen LogP contribution in [0.15, 0.2) is 0 Å². The molecule has 142 valence electrons. The first kappa shape index (κ1) is 21.4. The Bertz CT molecular complexity index is 322. The minimum absolute atomic E-state index is 0.200. The zero-order chi connectivity index (χ0) is 17.6. The van der Waals surface area contributed by atoms with Gasteiger partial charge >= 0.3 is 0 Å². The predicted octanol–water partition coefficient (Wildman–Crippen LogP) is 4.03. The second kappa shape index (κ2) is 13.7. The first-order valence-corrected chi connectivity index (χ1v) is 10.3. The molecule has 1 heterocycles. The smallest absolute Gasteiger partial charge is 0.222 e. The van der Waals surface area contributed by atoms with E-state index in [4.69, 9.17) is 5.11 Å². The molecule has 0 spiro atoms. The van der Waals surface area contributed by atoms with Crippen molar-refractivity contribution in [3.8, 4) is 0 Å². The van der Waals surface area contributed by atoms with Gasteiger partial charge in [-0.05, 0) is 44.9 Å². The van der Waals surface area contributed by atoms with Gasteiger partial charge in [0.2, 0.25) is 5.91 Å². The molecule has 0 radical (unpaired) electrons. The highest BCUT2D eigenvalue weighted by Gasteiger charge is 2.27. The lowest BCUT2D eigenvalue weighted by atomic mass is 9.94. The number of carbonyl (C=O) groups excluding carboxylic acids is 1. The number of rotatable bonds is 14. The van der Waals surface area contributed by atoms with Gasteiger partial charge in [0.1, 0.15) is 0 Å². The highest BCUT2D eigenvalue weighted by molar-refractivity contribution is 5.77. The quantitative estimate of drug-likeness (QED) is 0.469. The Morgan fingerprint density at radius 3 is 2.58 bits per heavy atom. The lowest BCUT2D eigenvalue weighted by Crippen LogP contribution is -2.44. The van der Waals surface area contributed by atoms with Crippen LogP contribution < -0.4 is 0 Å². The van der Waals surface area contributed by atoms with Gasteiger partial charge in [-0.3, -0.25) is 4.79 Å². The molecule has 0 aromatic heterocycles. The topological polar surface area (TPSA) is 60.8 Å². The molecule has 1 fully saturated rings. The number of carbonyl (C=O) groups is 1. The van der Waals surface area contributed by atoms with Crippen molar-refractivity contribution in [2.75, 3.05) is 13.2 Å². The van der Waals surface area contributed by atoms with Crippen LogP contribution in [-0.4, -0.2) is 46.3 Å². The van der Waals surface area contributed by atoms with E-state index in [1.165, 1.54) is 12.8 Å². The lowest BCUT2D eigenvalue weighted by Gasteiger charge is -2.36. The fourth-order valence-electron chi connectivity index (χ4n) is 3.68. The van der Waals surface area contributed by atoms with Gasteiger partial charge in [0.15, 0.2) is 0 Å². The van der Waals surface area contributed by atoms with Crippen molar-refractivity contribution in [3.63, 3.8) is 0 Å². The Kier molecular flexibility index (Phi) is 12.2. The second-order valence-corrected chi connectivity index (χ2v) is 7.35. The molecular weight excluding hydrogens is 302 g/mol. The predicted molar refractivity (Wildman–Crippen MR) is 98.9 cm³/mol. The number of aliphatic hydroxyl groups is 2. The molecule has 1 aliphatic rings. The maximum Gasteiger partial charge on any atom is 0.222 e. The van der Waals surface area contributed by atoms with Crippen LogP contribution in [0.25, 0.3) is 0 Å². The Morgan fingerprint density at radius 1 is 1.08 bits per heavy atom. The van der Waals surface area contributed by atoms with Gasteiger partial charge in [-0.25, -0.2) is 0 Å². The standard InChI is InChI=1S/C20H39NO3/c1-2-3-7-12-19(23)15-14-18-11-10-13-20(24)21(18)16-8-5-4-6-9-17-22/h18-19,22-23H,2-17H2,1H3/t18-,19?/m1/s1. The number of piperidine rings is 1. The van der Waals surface area contributed by atoms with Crippen LogP contribution >= 0.6 is 0 Å². The van der Waals surface area contributed by atoms with Gasteiger partial charge in [-0.15, -0.1) is 0 Å². The van der Waals surface area contributed by atoms with Gasteiger partial charge in [-0.1, -0.05) is 45.4 Å². The monoisotopic (exact) mass is 341 g/mol. The molecular formula is C20H39NO3. The van der Waals surface area contributed by atoms with E-state index < -0.39 is 0 Å². The number of likely N-dealkylation sites (tertiary alicyclic amines) is 1. The first-order valence-electron chi connectivity index (χ1n) is 10.3. The summed E-state index contributed by atoms with van der Waals surface area (Å²) in [6, 6.07) is 0.338. The normalized spacial score (nSPS) is 19.7. The van der Waals surface area contributed by atoms with Crippen molar-refractivity contribution in [3.05, 3.63) is 0 Å². The van der Waals surface area contributed by atoms with Crippen LogP contribution in [0.2, 0.25) is 0 Å². The van der Waals surface area contributed by atoms with Crippen LogP contribution in [0.3, 0.4) is 0 Å². The molecule has 0 bridgehead atoms. The van der Waals surface area contributed by atoms with Crippen molar-refractivity contribution in [2.45, 2.75) is 109 Å². The van der Waals surface area contributed by atoms with E-state index in [9.17, 15) is 9.90 Å². The third-order valence-corrected chi connectivity index (χ3v) is 5.22. The third-order valence-electron chi connectivity index (χ3n) is 5.22. The van der Waals surface area contributed by atoms with Crippen molar-refractivity contribution in [1.29, 1.82) is 0 Å². The van der Waals surface area contributed by atoms with Crippen molar-refractivity contribution in [1.82, 2.24) is 4.90 Å². The Hall–Kier alpha value is -0.610. The fourth-order valence-corrected chi connectivity index (χ4v) is 3.68. The minimum Gasteiger partial charge on any atom is -0.396 e. The van der Waals surface area contributed by atoms with Crippen molar-refractivity contribution >= 4 is 5.91 Å². The van der Waals surface area contributed by atoms with E-state index in [0.717, 1.165) is 77.2 Å². The van der Waals surface area contributed by atoms with Gasteiger partial charge in [0.05, 0.1) is 6.10 Å². The number of hydrogen-bond donors (Lipinski definition) is 2. The molecule has 1 rings (SSSR count). The summed E-state index contributed by atoms with van der Waals surface area (Å²) in [5.74, 6) is 0.307. The summed E-state index contributed by atoms with van der Waals surface area (Å²) in [5, 5.41) is 18.9. The van der Waals surface area contributed by atoms with Gasteiger partial charge in [0, 0.05) is 25.6 Å². The molecule has 1 aliphatic heterocycles. The molecule has 24 heavy (non-hydrogen) atoms. The van der Waals surface area contributed by atoms with Gasteiger partial charge in [-0.2, -0.15) is 0 Å². The molecule has 1 unspecified atom stereocenters. The molecule has 1 amide bonds. The highest BCUT2D eigenvalue weighted by Crippen LogP contribution is 2.24. The summed E-state index contributed by atoms with van der Waals surface area (Å²) in [6.45, 7) is 3.34. The number of unbranched alkanes of at least 4 members (excludes halogenated alkanes) is 6. The Labute approximate surface area is 148 Å². The van der Waals surface area contributed by atoms with Crippen molar-refractivity contribution in [2.24, 2.45) is 0 Å². The highest BCUT2D eigenvalue weighted by atomic mass is 16.3. The molecule has 0 aromatic rings. The summed E-state index contributed by atoms with van der Waals surface area (Å²) in [7, 11) is 0. The SMILES string of the molecule is CCCCCC(O)CC[C@H]1CCCC(=O)N1CCCCCCCO. The van der Waals surface area contributed by atoms with E-state index in [0.29, 0.717) is 18.4 Å². The molecule has 0 aromatic carbocycles. The summed E-state index contributed by atoms with van der Waals surface area (Å²) in [6.07, 6.45) is 14.1. The number of aliphatic hydroxyl groups excluding tert-OH is 2. The Balaban J connectivity index is 2.27. The largest absolute Gasteiger partial charge is 0.396 e. The van der Waals surface area contributed by atoms with Crippen LogP contribution in [-0.2, 0) is 4.79 Å². The first-order chi connectivity index (χ1) is 11.7. The average Bonchev–Trinajstić information content (AvgIpc) is 2.58. The summed E-state index contributed by atoms with van der Waals surface area (Å²) in [5.41, 5.74) is 0. The molecule has 0 aliphatic carbocycles.